The van der Waals surface area contributed by atoms with Crippen LogP contribution in [0.5, 0.6) is 5.75 Å². The zero-order valence-corrected chi connectivity index (χ0v) is 9.86. The van der Waals surface area contributed by atoms with Gasteiger partial charge in [-0.25, -0.2) is 0 Å². The van der Waals surface area contributed by atoms with Gasteiger partial charge in [0.25, 0.3) is 0 Å². The summed E-state index contributed by atoms with van der Waals surface area (Å²) >= 11 is 1.75. The van der Waals surface area contributed by atoms with Gasteiger partial charge >= 0.3 is 0 Å². The largest absolute Gasteiger partial charge is 0.496 e. The lowest BCUT2D eigenvalue weighted by Gasteiger charge is -2.14. The molecule has 1 heterocycles. The molecule has 0 aromatic carbocycles. The highest BCUT2D eigenvalue weighted by molar-refractivity contribution is 7.10. The van der Waals surface area contributed by atoms with Crippen LogP contribution in [-0.4, -0.2) is 39.2 Å². The first kappa shape index (κ1) is 11.5. The van der Waals surface area contributed by atoms with Crippen molar-refractivity contribution in [3.8, 4) is 5.75 Å². The summed E-state index contributed by atoms with van der Waals surface area (Å²) in [5, 5.41) is 5.18. The van der Waals surface area contributed by atoms with E-state index >= 15 is 0 Å². The van der Waals surface area contributed by atoms with Crippen molar-refractivity contribution >= 4 is 11.3 Å². The van der Waals surface area contributed by atoms with Crippen LogP contribution < -0.4 is 10.1 Å². The molecule has 14 heavy (non-hydrogen) atoms. The molecule has 1 N–H and O–H groups in total. The molecule has 0 saturated carbocycles. The molecular formula is C10H18N2OS. The summed E-state index contributed by atoms with van der Waals surface area (Å²) in [5.74, 6) is 0.965. The zero-order valence-electron chi connectivity index (χ0n) is 9.04. The highest BCUT2D eigenvalue weighted by Crippen LogP contribution is 2.21. The molecule has 0 aliphatic heterocycles. The van der Waals surface area contributed by atoms with Crippen molar-refractivity contribution in [1.29, 1.82) is 0 Å². The summed E-state index contributed by atoms with van der Waals surface area (Å²) in [7, 11) is 5.81. The van der Waals surface area contributed by atoms with Gasteiger partial charge in [-0.15, -0.1) is 11.3 Å². The van der Waals surface area contributed by atoms with E-state index in [2.05, 4.69) is 23.3 Å². The minimum Gasteiger partial charge on any atom is -0.496 e. The second-order valence-electron chi connectivity index (χ2n) is 3.29. The molecule has 0 aliphatic carbocycles. The van der Waals surface area contributed by atoms with E-state index < -0.39 is 0 Å². The smallest absolute Gasteiger partial charge is 0.129 e. The van der Waals surface area contributed by atoms with Crippen molar-refractivity contribution in [2.45, 2.75) is 6.54 Å². The predicted molar refractivity (Wildman–Crippen MR) is 61.1 cm³/mol. The van der Waals surface area contributed by atoms with Crippen LogP contribution >= 0.6 is 11.3 Å². The van der Waals surface area contributed by atoms with Crippen molar-refractivity contribution in [2.24, 2.45) is 0 Å². The minimum atomic E-state index is 0.965. The Morgan fingerprint density at radius 2 is 2.36 bits per heavy atom. The normalized spacial score (nSPS) is 10.9. The molecule has 0 unspecified atom stereocenters. The van der Waals surface area contributed by atoms with Crippen LogP contribution in [0.15, 0.2) is 11.4 Å². The van der Waals surface area contributed by atoms with E-state index in [1.807, 2.05) is 12.4 Å². The number of nitrogens with one attached hydrogen (secondary N) is 1. The lowest BCUT2D eigenvalue weighted by Crippen LogP contribution is -2.26. The molecule has 0 atom stereocenters. The monoisotopic (exact) mass is 214 g/mol. The second kappa shape index (κ2) is 6.01. The number of rotatable bonds is 6. The van der Waals surface area contributed by atoms with Crippen molar-refractivity contribution in [3.63, 3.8) is 0 Å². The molecule has 1 rings (SSSR count). The molecule has 0 spiro atoms. The molecule has 0 radical (unpaired) electrons. The molecule has 0 fully saturated rings. The van der Waals surface area contributed by atoms with Gasteiger partial charge in [-0.2, -0.15) is 0 Å². The third-order valence-electron chi connectivity index (χ3n) is 2.03. The number of hydrogen-bond acceptors (Lipinski definition) is 4. The van der Waals surface area contributed by atoms with Crippen LogP contribution in [0, 0.1) is 0 Å². The lowest BCUT2D eigenvalue weighted by molar-refractivity contribution is 0.330. The second-order valence-corrected chi connectivity index (χ2v) is 4.29. The van der Waals surface area contributed by atoms with Gasteiger partial charge in [-0.1, -0.05) is 0 Å². The van der Waals surface area contributed by atoms with Gasteiger partial charge in [0.05, 0.1) is 7.11 Å². The first-order valence-electron chi connectivity index (χ1n) is 4.71. The maximum absolute atomic E-state index is 5.14. The van der Waals surface area contributed by atoms with Gasteiger partial charge < -0.3 is 15.0 Å². The maximum atomic E-state index is 5.14. The topological polar surface area (TPSA) is 24.5 Å². The van der Waals surface area contributed by atoms with Gasteiger partial charge in [-0.3, -0.25) is 0 Å². The van der Waals surface area contributed by atoms with Crippen molar-refractivity contribution < 1.29 is 4.74 Å². The SMILES string of the molecule is CNCCN(C)Cc1cc(OC)cs1. The van der Waals surface area contributed by atoms with E-state index in [0.717, 1.165) is 25.4 Å². The van der Waals surface area contributed by atoms with Crippen molar-refractivity contribution in [1.82, 2.24) is 10.2 Å². The van der Waals surface area contributed by atoms with Crippen molar-refractivity contribution in [2.75, 3.05) is 34.3 Å². The zero-order chi connectivity index (χ0) is 10.4. The Balaban J connectivity index is 2.35. The van der Waals surface area contributed by atoms with E-state index in [4.69, 9.17) is 4.74 Å². The molecule has 4 heteroatoms. The summed E-state index contributed by atoms with van der Waals surface area (Å²) in [6.45, 7) is 3.09. The van der Waals surface area contributed by atoms with Gasteiger partial charge in [0.15, 0.2) is 0 Å². The number of nitrogens with zero attached hydrogens (tertiary/aromatic N) is 1. The van der Waals surface area contributed by atoms with E-state index in [1.54, 1.807) is 18.4 Å². The van der Waals surface area contributed by atoms with Crippen molar-refractivity contribution in [3.05, 3.63) is 16.3 Å². The van der Waals surface area contributed by atoms with Crippen LogP contribution in [0.25, 0.3) is 0 Å². The lowest BCUT2D eigenvalue weighted by atomic mass is 10.4. The number of methoxy groups -OCH3 is 1. The van der Waals surface area contributed by atoms with Crippen LogP contribution in [0.2, 0.25) is 0 Å². The number of likely N-dealkylation sites (N-methyl/N-ethyl adjacent to an activating group) is 2. The fourth-order valence-electron chi connectivity index (χ4n) is 1.20. The highest BCUT2D eigenvalue weighted by atomic mass is 32.1. The average Bonchev–Trinajstić information content (AvgIpc) is 2.62. The standard InChI is InChI=1S/C10H18N2OS/c1-11-4-5-12(2)7-10-6-9(13-3)8-14-10/h6,8,11H,4-5,7H2,1-3H3. The van der Waals surface area contributed by atoms with Gasteiger partial charge in [0.1, 0.15) is 5.75 Å². The fraction of sp³-hybridized carbons (Fsp3) is 0.600. The first-order chi connectivity index (χ1) is 6.76. The third-order valence-corrected chi connectivity index (χ3v) is 2.93. The van der Waals surface area contributed by atoms with Crippen LogP contribution in [0.3, 0.4) is 0 Å². The number of thiophene rings is 1. The Hall–Kier alpha value is -0.580. The Labute approximate surface area is 89.7 Å². The number of ether oxygens (including phenoxy) is 1. The van der Waals surface area contributed by atoms with Crippen LogP contribution in [0.1, 0.15) is 4.88 Å². The van der Waals surface area contributed by atoms with Gasteiger partial charge in [0, 0.05) is 29.9 Å². The first-order valence-corrected chi connectivity index (χ1v) is 5.58. The van der Waals surface area contributed by atoms with Gasteiger partial charge in [-0.05, 0) is 20.2 Å². The molecule has 0 aliphatic rings. The van der Waals surface area contributed by atoms with E-state index in [9.17, 15) is 0 Å². The predicted octanol–water partition coefficient (Wildman–Crippen LogP) is 1.41. The molecule has 1 aromatic rings. The van der Waals surface area contributed by atoms with E-state index in [1.165, 1.54) is 4.88 Å². The summed E-state index contributed by atoms with van der Waals surface area (Å²) in [6, 6.07) is 2.10. The summed E-state index contributed by atoms with van der Waals surface area (Å²) in [6.07, 6.45) is 0. The summed E-state index contributed by atoms with van der Waals surface area (Å²) in [4.78, 5) is 3.64. The molecule has 80 valence electrons. The molecule has 0 amide bonds. The Kier molecular flexibility index (Phi) is 4.93. The summed E-state index contributed by atoms with van der Waals surface area (Å²) in [5.41, 5.74) is 0. The minimum absolute atomic E-state index is 0.965. The highest BCUT2D eigenvalue weighted by Gasteiger charge is 2.03. The Morgan fingerprint density at radius 1 is 1.57 bits per heavy atom. The molecule has 0 bridgehead atoms. The van der Waals surface area contributed by atoms with Crippen LogP contribution in [-0.2, 0) is 6.54 Å². The fourth-order valence-corrected chi connectivity index (χ4v) is 2.11. The molecular weight excluding hydrogens is 196 g/mol. The Bertz CT molecular complexity index is 262. The summed E-state index contributed by atoms with van der Waals surface area (Å²) < 4.78 is 5.14. The van der Waals surface area contributed by atoms with Crippen LogP contribution in [0.4, 0.5) is 0 Å². The maximum Gasteiger partial charge on any atom is 0.129 e. The average molecular weight is 214 g/mol. The van der Waals surface area contributed by atoms with Gasteiger partial charge in [0.2, 0.25) is 0 Å². The molecule has 0 saturated heterocycles. The Morgan fingerprint density at radius 3 is 2.93 bits per heavy atom. The van der Waals surface area contributed by atoms with E-state index in [-0.39, 0.29) is 0 Å². The quantitative estimate of drug-likeness (QED) is 0.775. The number of hydrogen-bond donors (Lipinski definition) is 1. The molecule has 3 nitrogen and oxygen atoms in total. The van der Waals surface area contributed by atoms with E-state index in [0.29, 0.717) is 0 Å². The molecule has 1 aromatic heterocycles. The third kappa shape index (κ3) is 3.65.